The number of methoxy groups -OCH3 is 1. The van der Waals surface area contributed by atoms with Gasteiger partial charge in [-0.15, -0.1) is 0 Å². The molecule has 1 aliphatic heterocycles. The smallest absolute Gasteiger partial charge is 0.303 e. The first-order chi connectivity index (χ1) is 20.0. The molecule has 0 aliphatic carbocycles. The summed E-state index contributed by atoms with van der Waals surface area (Å²) in [4.78, 5) is 60.3. The Kier molecular flexibility index (Phi) is 14.2. The van der Waals surface area contributed by atoms with E-state index in [9.17, 15) is 24.0 Å². The number of ketones is 1. The van der Waals surface area contributed by atoms with Crippen LogP contribution in [0.4, 0.5) is 0 Å². The number of hydrogen-bond acceptors (Lipinski definition) is 13. The Balaban J connectivity index is 2.34. The fourth-order valence-corrected chi connectivity index (χ4v) is 4.17. The Bertz CT molecular complexity index is 1090. The lowest BCUT2D eigenvalue weighted by Crippen LogP contribution is -2.63. The molecule has 5 atom stereocenters. The zero-order valence-corrected chi connectivity index (χ0v) is 24.9. The number of benzene rings is 1. The van der Waals surface area contributed by atoms with Crippen molar-refractivity contribution in [2.45, 2.75) is 91.0 Å². The summed E-state index contributed by atoms with van der Waals surface area (Å²) in [6.45, 7) is 7.37. The molecule has 1 aliphatic rings. The summed E-state index contributed by atoms with van der Waals surface area (Å²) in [6.07, 6.45) is -3.90. The first kappa shape index (κ1) is 34.5. The second-order valence-corrected chi connectivity index (χ2v) is 9.54. The summed E-state index contributed by atoms with van der Waals surface area (Å²) < 4.78 is 44.2. The van der Waals surface area contributed by atoms with E-state index in [1.54, 1.807) is 6.07 Å². The standard InChI is InChI=1S/C29H40O13/c1-7-8-13-36-14-9-10-22(34)21-11-12-23(24(15-21)35-6)41-29-28(40-20(5)33)27(39-19(4)32)26(38-18(3)31)25(42-29)16-37-17(2)30/h11-12,15,25-29H,7-10,13-14,16H2,1-6H3/t25-,26+,27+,28-,29?/m1/s1. The average Bonchev–Trinajstić information content (AvgIpc) is 2.92. The van der Waals surface area contributed by atoms with Gasteiger partial charge >= 0.3 is 23.9 Å². The van der Waals surface area contributed by atoms with Crippen LogP contribution >= 0.6 is 0 Å². The number of carbonyl (C=O) groups is 5. The highest BCUT2D eigenvalue weighted by Crippen LogP contribution is 2.35. The van der Waals surface area contributed by atoms with Gasteiger partial charge in [0.05, 0.1) is 7.11 Å². The van der Waals surface area contributed by atoms with E-state index in [2.05, 4.69) is 6.92 Å². The van der Waals surface area contributed by atoms with Crippen molar-refractivity contribution >= 4 is 29.7 Å². The minimum Gasteiger partial charge on any atom is -0.493 e. The van der Waals surface area contributed by atoms with Crippen LogP contribution in [-0.4, -0.2) is 87.3 Å². The summed E-state index contributed by atoms with van der Waals surface area (Å²) in [7, 11) is 1.38. The molecule has 0 bridgehead atoms. The van der Waals surface area contributed by atoms with E-state index in [4.69, 9.17) is 37.9 Å². The Morgan fingerprint density at radius 3 is 2.00 bits per heavy atom. The SMILES string of the molecule is CCCCOCCCC(=O)c1ccc(OC2O[C@H](COC(C)=O)[C@H](OC(C)=O)[C@H](OC(C)=O)[C@H]2OC(C)=O)c(OC)c1. The van der Waals surface area contributed by atoms with Gasteiger partial charge in [0.2, 0.25) is 12.4 Å². The fraction of sp³-hybridized carbons (Fsp3) is 0.621. The van der Waals surface area contributed by atoms with Crippen molar-refractivity contribution in [3.05, 3.63) is 23.8 Å². The highest BCUT2D eigenvalue weighted by atomic mass is 16.7. The maximum atomic E-state index is 12.8. The van der Waals surface area contributed by atoms with Crippen molar-refractivity contribution in [3.63, 3.8) is 0 Å². The lowest BCUT2D eigenvalue weighted by atomic mass is 9.98. The van der Waals surface area contributed by atoms with Crippen LogP contribution in [-0.2, 0) is 47.6 Å². The minimum atomic E-state index is -1.44. The molecule has 0 amide bonds. The molecule has 1 fully saturated rings. The largest absolute Gasteiger partial charge is 0.493 e. The molecule has 13 nitrogen and oxygen atoms in total. The van der Waals surface area contributed by atoms with Crippen LogP contribution in [0.25, 0.3) is 0 Å². The lowest BCUT2D eigenvalue weighted by Gasteiger charge is -2.44. The van der Waals surface area contributed by atoms with Crippen molar-refractivity contribution in [1.29, 1.82) is 0 Å². The number of carbonyl (C=O) groups excluding carboxylic acids is 5. The number of hydrogen-bond donors (Lipinski definition) is 0. The molecule has 1 heterocycles. The fourth-order valence-electron chi connectivity index (χ4n) is 4.17. The van der Waals surface area contributed by atoms with Gasteiger partial charge in [0.1, 0.15) is 12.7 Å². The molecule has 1 unspecified atom stereocenters. The maximum absolute atomic E-state index is 12.8. The van der Waals surface area contributed by atoms with Crippen LogP contribution in [0.1, 0.15) is 70.7 Å². The molecule has 0 radical (unpaired) electrons. The minimum absolute atomic E-state index is 0.109. The highest BCUT2D eigenvalue weighted by Gasteiger charge is 2.53. The molecule has 0 saturated carbocycles. The normalized spacial score (nSPS) is 21.5. The van der Waals surface area contributed by atoms with Crippen molar-refractivity contribution in [2.24, 2.45) is 0 Å². The van der Waals surface area contributed by atoms with Gasteiger partial charge in [-0.1, -0.05) is 13.3 Å². The second-order valence-electron chi connectivity index (χ2n) is 9.54. The van der Waals surface area contributed by atoms with E-state index < -0.39 is 61.2 Å². The summed E-state index contributed by atoms with van der Waals surface area (Å²) in [5.74, 6) is -2.75. The molecule has 234 valence electrons. The van der Waals surface area contributed by atoms with E-state index in [1.807, 2.05) is 0 Å². The van der Waals surface area contributed by atoms with Crippen LogP contribution in [0, 0.1) is 0 Å². The maximum Gasteiger partial charge on any atom is 0.303 e. The molecule has 13 heteroatoms. The molecule has 0 spiro atoms. The topological polar surface area (TPSA) is 159 Å². The summed E-state index contributed by atoms with van der Waals surface area (Å²) in [6, 6.07) is 4.53. The number of esters is 4. The van der Waals surface area contributed by atoms with Gasteiger partial charge in [0, 0.05) is 52.9 Å². The number of Topliss-reactive ketones (excluding diaryl/α,β-unsaturated/α-hetero) is 1. The van der Waals surface area contributed by atoms with Gasteiger partial charge in [0.15, 0.2) is 29.5 Å². The summed E-state index contributed by atoms with van der Waals surface area (Å²) in [5, 5.41) is 0. The third-order valence-corrected chi connectivity index (χ3v) is 6.01. The predicted molar refractivity (Wildman–Crippen MR) is 145 cm³/mol. The van der Waals surface area contributed by atoms with E-state index >= 15 is 0 Å². The van der Waals surface area contributed by atoms with Crippen molar-refractivity contribution < 1.29 is 61.9 Å². The predicted octanol–water partition coefficient (Wildman–Crippen LogP) is 2.94. The van der Waals surface area contributed by atoms with Crippen LogP contribution < -0.4 is 9.47 Å². The van der Waals surface area contributed by atoms with Gasteiger partial charge in [-0.05, 0) is 31.0 Å². The van der Waals surface area contributed by atoms with Crippen molar-refractivity contribution in [3.8, 4) is 11.5 Å². The molecular weight excluding hydrogens is 556 g/mol. The van der Waals surface area contributed by atoms with Crippen LogP contribution in [0.2, 0.25) is 0 Å². The Hall–Kier alpha value is -3.71. The van der Waals surface area contributed by atoms with Gasteiger partial charge in [-0.25, -0.2) is 0 Å². The number of unbranched alkanes of at least 4 members (excludes halogenated alkanes) is 1. The van der Waals surface area contributed by atoms with Gasteiger partial charge in [0.25, 0.3) is 0 Å². The zero-order valence-electron chi connectivity index (χ0n) is 24.9. The first-order valence-electron chi connectivity index (χ1n) is 13.7. The average molecular weight is 597 g/mol. The number of ether oxygens (including phenoxy) is 8. The molecule has 42 heavy (non-hydrogen) atoms. The van der Waals surface area contributed by atoms with E-state index in [-0.39, 0.29) is 23.7 Å². The molecule has 0 aromatic heterocycles. The van der Waals surface area contributed by atoms with Gasteiger partial charge in [-0.3, -0.25) is 24.0 Å². The Labute approximate surface area is 245 Å². The first-order valence-corrected chi connectivity index (χ1v) is 13.7. The highest BCUT2D eigenvalue weighted by molar-refractivity contribution is 5.96. The Morgan fingerprint density at radius 2 is 1.40 bits per heavy atom. The third-order valence-electron chi connectivity index (χ3n) is 6.01. The molecule has 1 aromatic carbocycles. The molecule has 0 N–H and O–H groups in total. The quantitative estimate of drug-likeness (QED) is 0.119. The van der Waals surface area contributed by atoms with E-state index in [0.717, 1.165) is 33.6 Å². The van der Waals surface area contributed by atoms with Crippen molar-refractivity contribution in [2.75, 3.05) is 26.9 Å². The third kappa shape index (κ3) is 10.9. The lowest BCUT2D eigenvalue weighted by molar-refractivity contribution is -0.288. The van der Waals surface area contributed by atoms with Gasteiger partial charge < -0.3 is 37.9 Å². The second kappa shape index (κ2) is 17.3. The van der Waals surface area contributed by atoms with Crippen LogP contribution in [0.3, 0.4) is 0 Å². The summed E-state index contributed by atoms with van der Waals surface area (Å²) >= 11 is 0. The number of rotatable bonds is 16. The molecule has 1 saturated heterocycles. The monoisotopic (exact) mass is 596 g/mol. The summed E-state index contributed by atoms with van der Waals surface area (Å²) in [5.41, 5.74) is 0.384. The van der Waals surface area contributed by atoms with Crippen LogP contribution in [0.15, 0.2) is 18.2 Å². The molecule has 1 aromatic rings. The Morgan fingerprint density at radius 1 is 0.786 bits per heavy atom. The van der Waals surface area contributed by atoms with Gasteiger partial charge in [-0.2, -0.15) is 0 Å². The van der Waals surface area contributed by atoms with Crippen molar-refractivity contribution in [1.82, 2.24) is 0 Å². The van der Waals surface area contributed by atoms with E-state index in [0.29, 0.717) is 25.2 Å². The van der Waals surface area contributed by atoms with Crippen LogP contribution in [0.5, 0.6) is 11.5 Å². The molecular formula is C29H40O13. The van der Waals surface area contributed by atoms with E-state index in [1.165, 1.54) is 26.2 Å². The zero-order chi connectivity index (χ0) is 31.2. The molecule has 2 rings (SSSR count).